The van der Waals surface area contributed by atoms with E-state index >= 15 is 0 Å². The number of alkyl halides is 3. The summed E-state index contributed by atoms with van der Waals surface area (Å²) in [5, 5.41) is 13.6. The van der Waals surface area contributed by atoms with Crippen molar-refractivity contribution in [2.75, 3.05) is 16.9 Å². The molecule has 33 heavy (non-hydrogen) atoms. The Morgan fingerprint density at radius 1 is 1.09 bits per heavy atom. The van der Waals surface area contributed by atoms with Crippen LogP contribution in [0.4, 0.5) is 19.0 Å². The van der Waals surface area contributed by atoms with Gasteiger partial charge in [0.25, 0.3) is 5.82 Å². The summed E-state index contributed by atoms with van der Waals surface area (Å²) in [5.74, 6) is 3.79. The summed E-state index contributed by atoms with van der Waals surface area (Å²) in [4.78, 5) is 12.6. The van der Waals surface area contributed by atoms with Gasteiger partial charge in [0, 0.05) is 11.6 Å². The molecular formula is C21H18F3N7OS. The minimum atomic E-state index is -4.74. The van der Waals surface area contributed by atoms with Crippen molar-refractivity contribution < 1.29 is 18.0 Å². The Morgan fingerprint density at radius 2 is 1.79 bits per heavy atom. The zero-order valence-electron chi connectivity index (χ0n) is 17.2. The molecule has 0 aliphatic rings. The van der Waals surface area contributed by atoms with Crippen molar-refractivity contribution >= 4 is 23.5 Å². The van der Waals surface area contributed by atoms with E-state index in [0.717, 1.165) is 28.6 Å². The van der Waals surface area contributed by atoms with E-state index in [4.69, 9.17) is 5.84 Å². The molecule has 4 rings (SSSR count). The molecule has 170 valence electrons. The summed E-state index contributed by atoms with van der Waals surface area (Å²) in [5.41, 5.74) is 3.36. The highest BCUT2D eigenvalue weighted by molar-refractivity contribution is 7.99. The number of carbonyl (C=O) groups is 1. The van der Waals surface area contributed by atoms with Gasteiger partial charge in [0.05, 0.1) is 17.1 Å². The van der Waals surface area contributed by atoms with Crippen molar-refractivity contribution in [2.24, 2.45) is 0 Å². The van der Waals surface area contributed by atoms with Gasteiger partial charge < -0.3 is 11.2 Å². The highest BCUT2D eigenvalue weighted by Gasteiger charge is 2.38. The van der Waals surface area contributed by atoms with Gasteiger partial charge in [-0.25, -0.2) is 9.36 Å². The molecule has 0 spiro atoms. The molecule has 8 nitrogen and oxygen atoms in total. The Labute approximate surface area is 190 Å². The van der Waals surface area contributed by atoms with E-state index in [1.165, 1.54) is 0 Å². The van der Waals surface area contributed by atoms with Crippen LogP contribution in [0.2, 0.25) is 0 Å². The maximum Gasteiger partial charge on any atom is 0.453 e. The van der Waals surface area contributed by atoms with Gasteiger partial charge in [-0.15, -0.1) is 10.2 Å². The standard InChI is InChI=1S/C21H18F3N7OS/c1-13-7-9-14(10-8-13)16-11-17(31(29-16)15-5-3-2-4-6-15)26-18(32)12-33-20-28-27-19(30(20)25)21(22,23)24/h2-11H,12,25H2,1H3,(H,26,32). The predicted molar refractivity (Wildman–Crippen MR) is 118 cm³/mol. The van der Waals surface area contributed by atoms with Crippen LogP contribution in [0.1, 0.15) is 11.4 Å². The second-order valence-electron chi connectivity index (χ2n) is 7.04. The van der Waals surface area contributed by atoms with Crippen molar-refractivity contribution in [3.63, 3.8) is 0 Å². The molecule has 2 heterocycles. The minimum Gasteiger partial charge on any atom is -0.335 e. The van der Waals surface area contributed by atoms with Crippen molar-refractivity contribution in [2.45, 2.75) is 18.3 Å². The van der Waals surface area contributed by atoms with Crippen LogP contribution in [-0.2, 0) is 11.0 Å². The molecule has 2 aromatic heterocycles. The SMILES string of the molecule is Cc1ccc(-c2cc(NC(=O)CSc3nnc(C(F)(F)F)n3N)n(-c3ccccc3)n2)cc1. The van der Waals surface area contributed by atoms with Crippen molar-refractivity contribution in [3.05, 3.63) is 72.1 Å². The molecule has 0 aliphatic heterocycles. The molecule has 0 bridgehead atoms. The number of nitrogens with one attached hydrogen (secondary N) is 1. The molecular weight excluding hydrogens is 455 g/mol. The summed E-state index contributed by atoms with van der Waals surface area (Å²) >= 11 is 0.740. The second-order valence-corrected chi connectivity index (χ2v) is 7.98. The highest BCUT2D eigenvalue weighted by Crippen LogP contribution is 2.29. The van der Waals surface area contributed by atoms with Gasteiger partial charge in [-0.1, -0.05) is 59.8 Å². The quantitative estimate of drug-likeness (QED) is 0.325. The fraction of sp³-hybridized carbons (Fsp3) is 0.143. The van der Waals surface area contributed by atoms with E-state index in [0.29, 0.717) is 16.2 Å². The largest absolute Gasteiger partial charge is 0.453 e. The maximum absolute atomic E-state index is 12.8. The minimum absolute atomic E-state index is 0.227. The number of thioether (sulfide) groups is 1. The number of nitrogens with two attached hydrogens (primary N) is 1. The number of rotatable bonds is 6. The lowest BCUT2D eigenvalue weighted by Crippen LogP contribution is -2.22. The third kappa shape index (κ3) is 5.00. The first-order valence-corrected chi connectivity index (χ1v) is 10.6. The average Bonchev–Trinajstić information content (AvgIpc) is 3.37. The average molecular weight is 473 g/mol. The van der Waals surface area contributed by atoms with Crippen LogP contribution in [0.25, 0.3) is 16.9 Å². The van der Waals surface area contributed by atoms with E-state index in [9.17, 15) is 18.0 Å². The molecule has 12 heteroatoms. The first-order chi connectivity index (χ1) is 15.7. The summed E-state index contributed by atoms with van der Waals surface area (Å²) in [6.45, 7) is 1.98. The van der Waals surface area contributed by atoms with Crippen LogP contribution in [0, 0.1) is 6.92 Å². The Kier molecular flexibility index (Phi) is 6.09. The van der Waals surface area contributed by atoms with Gasteiger partial charge in [0.1, 0.15) is 5.82 Å². The fourth-order valence-corrected chi connectivity index (χ4v) is 3.64. The number of hydrogen-bond acceptors (Lipinski definition) is 6. The number of amides is 1. The predicted octanol–water partition coefficient (Wildman–Crippen LogP) is 3.90. The lowest BCUT2D eigenvalue weighted by atomic mass is 10.1. The smallest absolute Gasteiger partial charge is 0.335 e. The van der Waals surface area contributed by atoms with Gasteiger partial charge in [-0.2, -0.15) is 18.3 Å². The summed E-state index contributed by atoms with van der Waals surface area (Å²) in [6.07, 6.45) is -4.74. The van der Waals surface area contributed by atoms with Gasteiger partial charge >= 0.3 is 6.18 Å². The van der Waals surface area contributed by atoms with E-state index in [-0.39, 0.29) is 10.9 Å². The lowest BCUT2D eigenvalue weighted by Gasteiger charge is -2.09. The van der Waals surface area contributed by atoms with Gasteiger partial charge in [0.15, 0.2) is 0 Å². The van der Waals surface area contributed by atoms with Crippen molar-refractivity contribution in [3.8, 4) is 16.9 Å². The molecule has 0 radical (unpaired) electrons. The van der Waals surface area contributed by atoms with Crippen LogP contribution in [-0.4, -0.2) is 36.3 Å². The topological polar surface area (TPSA) is 104 Å². The summed E-state index contributed by atoms with van der Waals surface area (Å²) in [7, 11) is 0. The molecule has 0 aliphatic carbocycles. The Morgan fingerprint density at radius 3 is 2.42 bits per heavy atom. The van der Waals surface area contributed by atoms with Crippen molar-refractivity contribution in [1.82, 2.24) is 24.7 Å². The second kappa shape index (κ2) is 8.98. The van der Waals surface area contributed by atoms with E-state index in [2.05, 4.69) is 20.6 Å². The van der Waals surface area contributed by atoms with Crippen LogP contribution in [0.3, 0.4) is 0 Å². The lowest BCUT2D eigenvalue weighted by molar-refractivity contribution is -0.146. The Bertz CT molecular complexity index is 1270. The van der Waals surface area contributed by atoms with Crippen LogP contribution >= 0.6 is 11.8 Å². The molecule has 1 amide bonds. The van der Waals surface area contributed by atoms with Crippen LogP contribution in [0.15, 0.2) is 65.8 Å². The third-order valence-corrected chi connectivity index (χ3v) is 5.52. The zero-order valence-corrected chi connectivity index (χ0v) is 18.1. The molecule has 3 N–H and O–H groups in total. The van der Waals surface area contributed by atoms with Crippen LogP contribution in [0.5, 0.6) is 0 Å². The first kappa shape index (κ1) is 22.4. The van der Waals surface area contributed by atoms with E-state index in [1.807, 2.05) is 61.5 Å². The van der Waals surface area contributed by atoms with Crippen molar-refractivity contribution in [1.29, 1.82) is 0 Å². The summed E-state index contributed by atoms with van der Waals surface area (Å²) in [6, 6.07) is 18.7. The number of anilines is 1. The van der Waals surface area contributed by atoms with Gasteiger partial charge in [-0.05, 0) is 19.1 Å². The number of nitrogen functional groups attached to an aromatic ring is 1. The third-order valence-electron chi connectivity index (χ3n) is 4.58. The molecule has 0 saturated carbocycles. The normalized spacial score (nSPS) is 11.5. The Balaban J connectivity index is 1.55. The number of nitrogens with zero attached hydrogens (tertiary/aromatic N) is 5. The van der Waals surface area contributed by atoms with E-state index in [1.54, 1.807) is 10.7 Å². The number of hydrogen-bond donors (Lipinski definition) is 2. The fourth-order valence-electron chi connectivity index (χ4n) is 2.98. The summed E-state index contributed by atoms with van der Waals surface area (Å²) < 4.78 is 40.4. The molecule has 0 saturated heterocycles. The molecule has 4 aromatic rings. The highest BCUT2D eigenvalue weighted by atomic mass is 32.2. The number of halogens is 3. The molecule has 2 aromatic carbocycles. The van der Waals surface area contributed by atoms with Crippen LogP contribution < -0.4 is 11.2 Å². The Hall–Kier alpha value is -3.80. The number of aromatic nitrogens is 5. The molecule has 0 unspecified atom stereocenters. The monoisotopic (exact) mass is 473 g/mol. The molecule has 0 atom stereocenters. The number of benzene rings is 2. The molecule has 0 fully saturated rings. The maximum atomic E-state index is 12.8. The number of carbonyl (C=O) groups excluding carboxylic acids is 1. The van der Waals surface area contributed by atoms with Gasteiger partial charge in [-0.3, -0.25) is 4.79 Å². The number of aryl methyl sites for hydroxylation is 1. The first-order valence-electron chi connectivity index (χ1n) is 9.65. The van der Waals surface area contributed by atoms with E-state index < -0.39 is 17.9 Å². The zero-order chi connectivity index (χ0) is 23.6. The number of para-hydroxylation sites is 1. The van der Waals surface area contributed by atoms with Gasteiger partial charge in [0.2, 0.25) is 11.1 Å².